The number of hydrogen-bond donors (Lipinski definition) is 1. The molecule has 1 aromatic carbocycles. The Kier molecular flexibility index (Phi) is 3.26. The second-order valence-electron chi connectivity index (χ2n) is 5.25. The van der Waals surface area contributed by atoms with Crippen LogP contribution in [0.2, 0.25) is 0 Å². The largest absolute Gasteiger partial charge is 0.481 e. The molecule has 2 aromatic rings. The molecule has 0 spiro atoms. The Hall–Kier alpha value is -2.94. The standard InChI is InChI=1S/C16H13N3O3/c1-9-10(6-7-14(20)21)16(22)19-13-5-3-2-4-12(13)18-15(19)11(9)8-17/h2-5,10H,6-7H2,1H3,(H,20,21)/t10-/m1/s1. The molecule has 0 saturated carbocycles. The minimum Gasteiger partial charge on any atom is -0.481 e. The molecule has 0 bridgehead atoms. The van der Waals surface area contributed by atoms with E-state index in [9.17, 15) is 14.9 Å². The molecule has 6 heteroatoms. The number of nitriles is 1. The van der Waals surface area contributed by atoms with Crippen LogP contribution in [0.15, 0.2) is 29.8 Å². The minimum atomic E-state index is -0.958. The van der Waals surface area contributed by atoms with Crippen LogP contribution < -0.4 is 0 Å². The molecule has 0 saturated heterocycles. The number of carbonyl (C=O) groups is 2. The lowest BCUT2D eigenvalue weighted by atomic mass is 9.88. The first kappa shape index (κ1) is 14.0. The summed E-state index contributed by atoms with van der Waals surface area (Å²) < 4.78 is 1.44. The molecule has 0 amide bonds. The van der Waals surface area contributed by atoms with Crippen molar-refractivity contribution in [1.29, 1.82) is 5.26 Å². The molecular weight excluding hydrogens is 282 g/mol. The molecule has 1 N–H and O–H groups in total. The lowest BCUT2D eigenvalue weighted by molar-refractivity contribution is -0.137. The number of aromatic nitrogens is 2. The molecule has 2 heterocycles. The normalized spacial score (nSPS) is 17.5. The predicted molar refractivity (Wildman–Crippen MR) is 78.9 cm³/mol. The van der Waals surface area contributed by atoms with Gasteiger partial charge in [0, 0.05) is 6.42 Å². The lowest BCUT2D eigenvalue weighted by Crippen LogP contribution is -2.29. The number of rotatable bonds is 3. The van der Waals surface area contributed by atoms with Gasteiger partial charge in [0.15, 0.2) is 5.82 Å². The molecule has 22 heavy (non-hydrogen) atoms. The predicted octanol–water partition coefficient (Wildman–Crippen LogP) is 2.47. The Bertz CT molecular complexity index is 870. The third-order valence-corrected chi connectivity index (χ3v) is 3.98. The fraction of sp³-hybridized carbons (Fsp3) is 0.250. The van der Waals surface area contributed by atoms with E-state index in [1.165, 1.54) is 4.57 Å². The van der Waals surface area contributed by atoms with E-state index in [-0.39, 0.29) is 18.7 Å². The van der Waals surface area contributed by atoms with E-state index < -0.39 is 11.9 Å². The summed E-state index contributed by atoms with van der Waals surface area (Å²) in [4.78, 5) is 27.9. The highest BCUT2D eigenvalue weighted by Crippen LogP contribution is 2.35. The van der Waals surface area contributed by atoms with Gasteiger partial charge in [-0.2, -0.15) is 5.26 Å². The summed E-state index contributed by atoms with van der Waals surface area (Å²) in [6.45, 7) is 1.70. The number of hydrogen-bond acceptors (Lipinski definition) is 4. The first-order valence-electron chi connectivity index (χ1n) is 6.89. The van der Waals surface area contributed by atoms with Crippen LogP contribution in [0.3, 0.4) is 0 Å². The zero-order valence-electron chi connectivity index (χ0n) is 11.9. The van der Waals surface area contributed by atoms with Gasteiger partial charge < -0.3 is 5.11 Å². The number of carboxylic acid groups (broad SMARTS) is 1. The molecule has 1 aliphatic heterocycles. The zero-order chi connectivity index (χ0) is 15.9. The van der Waals surface area contributed by atoms with Gasteiger partial charge in [0.05, 0.1) is 22.5 Å². The zero-order valence-corrected chi connectivity index (χ0v) is 11.9. The van der Waals surface area contributed by atoms with Gasteiger partial charge in [0.1, 0.15) is 6.07 Å². The molecule has 6 nitrogen and oxygen atoms in total. The quantitative estimate of drug-likeness (QED) is 0.938. The van der Waals surface area contributed by atoms with E-state index in [2.05, 4.69) is 11.1 Å². The summed E-state index contributed by atoms with van der Waals surface area (Å²) in [6.07, 6.45) is 0.0611. The molecule has 1 aromatic heterocycles. The van der Waals surface area contributed by atoms with E-state index in [4.69, 9.17) is 5.11 Å². The SMILES string of the molecule is CC1=C(C#N)c2nc3ccccc3n2C(=O)[C@@H]1CCC(=O)O. The average molecular weight is 295 g/mol. The highest BCUT2D eigenvalue weighted by Gasteiger charge is 2.34. The van der Waals surface area contributed by atoms with E-state index in [1.807, 2.05) is 6.07 Å². The Morgan fingerprint density at radius 2 is 2.18 bits per heavy atom. The first-order chi connectivity index (χ1) is 10.5. The minimum absolute atomic E-state index is 0.117. The third-order valence-electron chi connectivity index (χ3n) is 3.98. The van der Waals surface area contributed by atoms with Crippen LogP contribution in [-0.4, -0.2) is 26.5 Å². The van der Waals surface area contributed by atoms with Crippen molar-refractivity contribution in [3.05, 3.63) is 35.7 Å². The lowest BCUT2D eigenvalue weighted by Gasteiger charge is -2.23. The van der Waals surface area contributed by atoms with Gasteiger partial charge in [0.25, 0.3) is 0 Å². The number of allylic oxidation sites excluding steroid dienone is 2. The Balaban J connectivity index is 2.20. The second kappa shape index (κ2) is 5.11. The van der Waals surface area contributed by atoms with Crippen LogP contribution in [0.1, 0.15) is 30.4 Å². The van der Waals surface area contributed by atoms with Gasteiger partial charge in [-0.1, -0.05) is 12.1 Å². The monoisotopic (exact) mass is 295 g/mol. The molecule has 1 aliphatic rings. The Morgan fingerprint density at radius 1 is 1.45 bits per heavy atom. The topological polar surface area (TPSA) is 96.0 Å². The smallest absolute Gasteiger partial charge is 0.303 e. The summed E-state index contributed by atoms with van der Waals surface area (Å²) in [7, 11) is 0. The summed E-state index contributed by atoms with van der Waals surface area (Å²) in [5, 5.41) is 18.3. The second-order valence-corrected chi connectivity index (χ2v) is 5.25. The molecule has 3 rings (SSSR count). The molecule has 0 radical (unpaired) electrons. The number of fused-ring (bicyclic) bond motifs is 3. The Labute approximate surface area is 126 Å². The van der Waals surface area contributed by atoms with Gasteiger partial charge in [0.2, 0.25) is 5.91 Å². The summed E-state index contributed by atoms with van der Waals surface area (Å²) >= 11 is 0. The summed E-state index contributed by atoms with van der Waals surface area (Å²) in [5.74, 6) is -1.43. The fourth-order valence-electron chi connectivity index (χ4n) is 2.85. The van der Waals surface area contributed by atoms with Gasteiger partial charge in [-0.3, -0.25) is 14.2 Å². The van der Waals surface area contributed by atoms with Crippen molar-refractivity contribution in [3.63, 3.8) is 0 Å². The highest BCUT2D eigenvalue weighted by atomic mass is 16.4. The Morgan fingerprint density at radius 3 is 2.86 bits per heavy atom. The maximum Gasteiger partial charge on any atom is 0.303 e. The number of aliphatic carboxylic acids is 1. The molecule has 1 atom stereocenters. The molecule has 0 aliphatic carbocycles. The molecule has 0 unspecified atom stereocenters. The van der Waals surface area contributed by atoms with Gasteiger partial charge in [-0.05, 0) is 31.1 Å². The van der Waals surface area contributed by atoms with Crippen molar-refractivity contribution in [1.82, 2.24) is 9.55 Å². The number of nitrogens with zero attached hydrogens (tertiary/aromatic N) is 3. The van der Waals surface area contributed by atoms with E-state index >= 15 is 0 Å². The highest BCUT2D eigenvalue weighted by molar-refractivity contribution is 6.01. The maximum atomic E-state index is 12.8. The summed E-state index contributed by atoms with van der Waals surface area (Å²) in [6, 6.07) is 9.27. The van der Waals surface area contributed by atoms with E-state index in [0.717, 1.165) is 0 Å². The maximum absolute atomic E-state index is 12.8. The van der Waals surface area contributed by atoms with E-state index in [1.54, 1.807) is 25.1 Å². The van der Waals surface area contributed by atoms with E-state index in [0.29, 0.717) is 28.0 Å². The molecular formula is C16H13N3O3. The number of carbonyl (C=O) groups excluding carboxylic acids is 1. The number of benzene rings is 1. The number of para-hydroxylation sites is 2. The van der Waals surface area contributed by atoms with Crippen molar-refractivity contribution >= 4 is 28.5 Å². The van der Waals surface area contributed by atoms with Crippen molar-refractivity contribution in [2.45, 2.75) is 19.8 Å². The number of carboxylic acids is 1. The first-order valence-corrected chi connectivity index (χ1v) is 6.89. The van der Waals surface area contributed by atoms with Crippen LogP contribution in [0.5, 0.6) is 0 Å². The van der Waals surface area contributed by atoms with Crippen molar-refractivity contribution in [2.24, 2.45) is 5.92 Å². The van der Waals surface area contributed by atoms with Crippen LogP contribution in [-0.2, 0) is 4.79 Å². The van der Waals surface area contributed by atoms with Crippen LogP contribution >= 0.6 is 0 Å². The van der Waals surface area contributed by atoms with Crippen LogP contribution in [0.4, 0.5) is 0 Å². The van der Waals surface area contributed by atoms with Crippen LogP contribution in [0, 0.1) is 17.2 Å². The van der Waals surface area contributed by atoms with Crippen molar-refractivity contribution < 1.29 is 14.7 Å². The van der Waals surface area contributed by atoms with Gasteiger partial charge in [-0.15, -0.1) is 0 Å². The van der Waals surface area contributed by atoms with Crippen LogP contribution in [0.25, 0.3) is 16.6 Å². The summed E-state index contributed by atoms with van der Waals surface area (Å²) in [5.41, 5.74) is 2.23. The van der Waals surface area contributed by atoms with Crippen molar-refractivity contribution in [3.8, 4) is 6.07 Å². The molecule has 110 valence electrons. The molecule has 0 fully saturated rings. The number of imidazole rings is 1. The fourth-order valence-corrected chi connectivity index (χ4v) is 2.85. The average Bonchev–Trinajstić information content (AvgIpc) is 2.86. The van der Waals surface area contributed by atoms with Gasteiger partial charge >= 0.3 is 5.97 Å². The van der Waals surface area contributed by atoms with Crippen molar-refractivity contribution in [2.75, 3.05) is 0 Å². The van der Waals surface area contributed by atoms with Gasteiger partial charge in [-0.25, -0.2) is 4.98 Å². The third kappa shape index (κ3) is 1.99.